The summed E-state index contributed by atoms with van der Waals surface area (Å²) in [6.45, 7) is 6.45. The number of amides is 5. The van der Waals surface area contributed by atoms with Crippen LogP contribution in [0.4, 0.5) is 9.59 Å². The molecule has 28 heavy (non-hydrogen) atoms. The first-order valence-electron chi connectivity index (χ1n) is 9.24. The average molecular weight is 397 g/mol. The normalized spacial score (nSPS) is 26.0. The number of ether oxygens (including phenoxy) is 2. The Morgan fingerprint density at radius 2 is 1.89 bits per heavy atom. The Kier molecular flexibility index (Phi) is 6.30. The van der Waals surface area contributed by atoms with Crippen molar-refractivity contribution in [1.29, 1.82) is 0 Å². The van der Waals surface area contributed by atoms with E-state index < -0.39 is 48.6 Å². The molecule has 1 spiro atoms. The van der Waals surface area contributed by atoms with Crippen LogP contribution in [0, 0.1) is 11.3 Å². The average Bonchev–Trinajstić information content (AvgIpc) is 2.74. The first-order chi connectivity index (χ1) is 13.0. The lowest BCUT2D eigenvalue weighted by Gasteiger charge is -2.43. The van der Waals surface area contributed by atoms with Crippen molar-refractivity contribution in [3.8, 4) is 0 Å². The Balaban J connectivity index is 1.93. The van der Waals surface area contributed by atoms with E-state index in [9.17, 15) is 24.0 Å². The van der Waals surface area contributed by atoms with Crippen LogP contribution >= 0.6 is 0 Å². The van der Waals surface area contributed by atoms with Crippen molar-refractivity contribution in [2.45, 2.75) is 52.5 Å². The fourth-order valence-electron chi connectivity index (χ4n) is 4.29. The lowest BCUT2D eigenvalue weighted by molar-refractivity contribution is -0.151. The largest absolute Gasteiger partial charge is 0.454 e. The van der Waals surface area contributed by atoms with Crippen molar-refractivity contribution < 1.29 is 33.4 Å². The van der Waals surface area contributed by atoms with Crippen LogP contribution in [-0.4, -0.2) is 60.1 Å². The summed E-state index contributed by atoms with van der Waals surface area (Å²) >= 11 is 0. The minimum Gasteiger partial charge on any atom is -0.454 e. The number of imide groups is 2. The van der Waals surface area contributed by atoms with E-state index in [4.69, 9.17) is 4.74 Å². The highest BCUT2D eigenvalue weighted by Gasteiger charge is 2.56. The molecule has 2 fully saturated rings. The molecule has 1 heterocycles. The molecule has 0 radical (unpaired) electrons. The smallest absolute Gasteiger partial charge is 0.413 e. The van der Waals surface area contributed by atoms with E-state index in [2.05, 4.69) is 10.1 Å². The Morgan fingerprint density at radius 1 is 1.21 bits per heavy atom. The molecule has 1 aliphatic heterocycles. The molecular weight excluding hydrogens is 370 g/mol. The van der Waals surface area contributed by atoms with Crippen LogP contribution in [0.15, 0.2) is 0 Å². The minimum absolute atomic E-state index is 0.0856. The van der Waals surface area contributed by atoms with Crippen LogP contribution in [0.2, 0.25) is 0 Å². The van der Waals surface area contributed by atoms with Crippen molar-refractivity contribution in [2.75, 3.05) is 19.8 Å². The number of nitrogens with one attached hydrogen (secondary N) is 2. The molecule has 156 valence electrons. The third kappa shape index (κ3) is 4.99. The summed E-state index contributed by atoms with van der Waals surface area (Å²) < 4.78 is 9.27. The zero-order chi connectivity index (χ0) is 21.1. The first kappa shape index (κ1) is 21.6. The van der Waals surface area contributed by atoms with Gasteiger partial charge in [0.1, 0.15) is 12.1 Å². The maximum atomic E-state index is 12.9. The van der Waals surface area contributed by atoms with Crippen LogP contribution in [0.25, 0.3) is 0 Å². The summed E-state index contributed by atoms with van der Waals surface area (Å²) in [5.74, 6) is -2.01. The minimum atomic E-state index is -1.01. The Labute approximate surface area is 163 Å². The number of hydrogen-bond acceptors (Lipinski definition) is 7. The molecule has 0 aromatic rings. The van der Waals surface area contributed by atoms with Gasteiger partial charge in [0, 0.05) is 0 Å². The number of esters is 1. The molecule has 0 unspecified atom stereocenters. The summed E-state index contributed by atoms with van der Waals surface area (Å²) in [4.78, 5) is 60.6. The third-order valence-electron chi connectivity index (χ3n) is 4.79. The van der Waals surface area contributed by atoms with Crippen LogP contribution in [-0.2, 0) is 23.9 Å². The molecule has 5 amide bonds. The van der Waals surface area contributed by atoms with Gasteiger partial charge >= 0.3 is 18.1 Å². The lowest BCUT2D eigenvalue weighted by atomic mass is 9.64. The van der Waals surface area contributed by atoms with Gasteiger partial charge in [-0.3, -0.25) is 24.6 Å². The molecule has 1 aliphatic carbocycles. The number of nitrogens with zero attached hydrogens (tertiary/aromatic N) is 1. The number of urea groups is 1. The molecular formula is C18H27N3O7. The SMILES string of the molecule is CCOC(=O)NC(=O)COC(=O)CN1C(=O)N[C@@]2(C[C@@H](C)CC(C)(C)C2)C1=O. The van der Waals surface area contributed by atoms with Crippen LogP contribution in [0.1, 0.15) is 47.0 Å². The Hall–Kier alpha value is -2.65. The van der Waals surface area contributed by atoms with Gasteiger partial charge in [0.25, 0.3) is 11.8 Å². The van der Waals surface area contributed by atoms with Gasteiger partial charge in [-0.2, -0.15) is 0 Å². The third-order valence-corrected chi connectivity index (χ3v) is 4.79. The molecule has 1 saturated heterocycles. The highest BCUT2D eigenvalue weighted by molar-refractivity contribution is 6.09. The summed E-state index contributed by atoms with van der Waals surface area (Å²) in [5, 5.41) is 4.63. The quantitative estimate of drug-likeness (QED) is 0.521. The summed E-state index contributed by atoms with van der Waals surface area (Å²) in [6.07, 6.45) is 0.987. The van der Waals surface area contributed by atoms with Gasteiger partial charge in [0.05, 0.1) is 6.61 Å². The molecule has 10 nitrogen and oxygen atoms in total. The zero-order valence-electron chi connectivity index (χ0n) is 16.6. The first-order valence-corrected chi connectivity index (χ1v) is 9.24. The van der Waals surface area contributed by atoms with Gasteiger partial charge in [0.15, 0.2) is 6.61 Å². The highest BCUT2D eigenvalue weighted by atomic mass is 16.6. The second-order valence-electron chi connectivity index (χ2n) is 8.19. The van der Waals surface area contributed by atoms with Crippen LogP contribution in [0.5, 0.6) is 0 Å². The van der Waals surface area contributed by atoms with Crippen LogP contribution in [0.3, 0.4) is 0 Å². The standard InChI is InChI=1S/C18H27N3O7/c1-5-27-16(26)19-12(22)9-28-13(23)8-21-14(24)18(20-15(21)25)7-11(2)6-17(3,4)10-18/h11H,5-10H2,1-4H3,(H,20,25)(H,19,22,26)/t11-,18+/m0/s1. The molecule has 2 atom stereocenters. The predicted molar refractivity (Wildman–Crippen MR) is 95.9 cm³/mol. The van der Waals surface area contributed by atoms with Gasteiger partial charge < -0.3 is 14.8 Å². The van der Waals surface area contributed by atoms with Gasteiger partial charge in [0.2, 0.25) is 0 Å². The number of carbonyl (C=O) groups is 5. The Bertz CT molecular complexity index is 691. The van der Waals surface area contributed by atoms with E-state index >= 15 is 0 Å². The zero-order valence-corrected chi connectivity index (χ0v) is 16.6. The number of rotatable bonds is 5. The van der Waals surface area contributed by atoms with E-state index in [1.54, 1.807) is 6.92 Å². The highest BCUT2D eigenvalue weighted by Crippen LogP contribution is 2.46. The monoisotopic (exact) mass is 397 g/mol. The second-order valence-corrected chi connectivity index (χ2v) is 8.19. The molecule has 0 aromatic heterocycles. The van der Waals surface area contributed by atoms with E-state index in [1.807, 2.05) is 26.1 Å². The van der Waals surface area contributed by atoms with E-state index in [-0.39, 0.29) is 17.9 Å². The lowest BCUT2D eigenvalue weighted by Crippen LogP contribution is -2.54. The van der Waals surface area contributed by atoms with Gasteiger partial charge in [-0.15, -0.1) is 0 Å². The summed E-state index contributed by atoms with van der Waals surface area (Å²) in [5.41, 5.74) is -1.14. The predicted octanol–water partition coefficient (Wildman–Crippen LogP) is 0.939. The molecule has 2 aliphatic rings. The number of alkyl carbamates (subject to hydrolysis) is 1. The fraction of sp³-hybridized carbons (Fsp3) is 0.722. The van der Waals surface area contributed by atoms with Gasteiger partial charge in [-0.1, -0.05) is 20.8 Å². The topological polar surface area (TPSA) is 131 Å². The maximum Gasteiger partial charge on any atom is 0.413 e. The van der Waals surface area contributed by atoms with Crippen molar-refractivity contribution in [2.24, 2.45) is 11.3 Å². The summed E-state index contributed by atoms with van der Waals surface area (Å²) in [7, 11) is 0. The van der Waals surface area contributed by atoms with Gasteiger partial charge in [-0.25, -0.2) is 9.59 Å². The molecule has 2 rings (SSSR count). The van der Waals surface area contributed by atoms with Gasteiger partial charge in [-0.05, 0) is 37.5 Å². The van der Waals surface area contributed by atoms with Crippen molar-refractivity contribution in [3.05, 3.63) is 0 Å². The van der Waals surface area contributed by atoms with Crippen molar-refractivity contribution in [1.82, 2.24) is 15.5 Å². The van der Waals surface area contributed by atoms with E-state index in [0.717, 1.165) is 11.3 Å². The van der Waals surface area contributed by atoms with E-state index in [0.29, 0.717) is 12.8 Å². The van der Waals surface area contributed by atoms with Crippen molar-refractivity contribution in [3.63, 3.8) is 0 Å². The molecule has 10 heteroatoms. The van der Waals surface area contributed by atoms with Crippen molar-refractivity contribution >= 4 is 29.9 Å². The molecule has 0 aromatic carbocycles. The number of carbonyl (C=O) groups excluding carboxylic acids is 5. The fourth-order valence-corrected chi connectivity index (χ4v) is 4.29. The molecule has 0 bridgehead atoms. The van der Waals surface area contributed by atoms with Crippen LogP contribution < -0.4 is 10.6 Å². The van der Waals surface area contributed by atoms with E-state index in [1.165, 1.54) is 0 Å². The maximum absolute atomic E-state index is 12.9. The number of hydrogen-bond donors (Lipinski definition) is 2. The molecule has 1 saturated carbocycles. The second kappa shape index (κ2) is 8.15. The molecule has 2 N–H and O–H groups in total. The Morgan fingerprint density at radius 3 is 2.50 bits per heavy atom. The summed E-state index contributed by atoms with van der Waals surface area (Å²) in [6, 6.07) is -0.650.